The second-order valence-electron chi connectivity index (χ2n) is 9.41. The van der Waals surface area contributed by atoms with Gasteiger partial charge in [0.2, 0.25) is 0 Å². The van der Waals surface area contributed by atoms with E-state index in [4.69, 9.17) is 0 Å². The molecule has 1 aromatic carbocycles. The number of nitrogens with one attached hydrogen (secondary N) is 1. The zero-order valence-corrected chi connectivity index (χ0v) is 19.3. The predicted molar refractivity (Wildman–Crippen MR) is 124 cm³/mol. The Labute approximate surface area is 183 Å². The zero-order chi connectivity index (χ0) is 22.9. The van der Waals surface area contributed by atoms with Crippen LogP contribution >= 0.6 is 0 Å². The van der Waals surface area contributed by atoms with Gasteiger partial charge in [-0.3, -0.25) is 9.78 Å². The number of aromatic amines is 1. The summed E-state index contributed by atoms with van der Waals surface area (Å²) >= 11 is 0. The molecule has 0 aliphatic heterocycles. The van der Waals surface area contributed by atoms with E-state index >= 15 is 0 Å². The number of benzene rings is 1. The minimum atomic E-state index is -1.43. The van der Waals surface area contributed by atoms with Gasteiger partial charge in [0.25, 0.3) is 0 Å². The summed E-state index contributed by atoms with van der Waals surface area (Å²) < 4.78 is 14.1. The van der Waals surface area contributed by atoms with Gasteiger partial charge < -0.3 is 10.1 Å². The van der Waals surface area contributed by atoms with E-state index in [0.29, 0.717) is 0 Å². The summed E-state index contributed by atoms with van der Waals surface area (Å²) in [6, 6.07) is 10.2. The molecule has 0 fully saturated rings. The van der Waals surface area contributed by atoms with Gasteiger partial charge in [0.1, 0.15) is 12.0 Å². The zero-order valence-electron chi connectivity index (χ0n) is 19.3. The molecule has 0 spiro atoms. The number of aryl methyl sites for hydroxylation is 1. The van der Waals surface area contributed by atoms with E-state index in [1.54, 1.807) is 0 Å². The van der Waals surface area contributed by atoms with E-state index in [2.05, 4.69) is 35.9 Å². The molecular weight excluding hydrogens is 391 g/mol. The number of carbonyl (C=O) groups is 1. The number of fused-ring (bicyclic) bond motifs is 1. The van der Waals surface area contributed by atoms with Gasteiger partial charge in [0.15, 0.2) is 0 Å². The molecule has 3 rings (SSSR count). The first-order valence-corrected chi connectivity index (χ1v) is 11.0. The average molecular weight is 425 g/mol. The highest BCUT2D eigenvalue weighted by Gasteiger charge is 2.28. The molecule has 3 aromatic rings. The number of aromatic nitrogens is 2. The number of pyridine rings is 1. The molecular formula is C26H33FN2O2. The Hall–Kier alpha value is -2.53. The van der Waals surface area contributed by atoms with Crippen molar-refractivity contribution in [3.8, 4) is 11.3 Å². The van der Waals surface area contributed by atoms with Crippen molar-refractivity contribution in [3.05, 3.63) is 53.3 Å². The molecule has 5 heteroatoms. The van der Waals surface area contributed by atoms with Crippen LogP contribution in [-0.2, 0) is 4.79 Å². The van der Waals surface area contributed by atoms with Crippen LogP contribution in [0.2, 0.25) is 0 Å². The summed E-state index contributed by atoms with van der Waals surface area (Å²) in [4.78, 5) is 20.6. The first-order chi connectivity index (χ1) is 14.5. The van der Waals surface area contributed by atoms with E-state index in [1.807, 2.05) is 38.2 Å². The number of H-pyrrole nitrogens is 1. The number of ketones is 1. The second-order valence-corrected chi connectivity index (χ2v) is 9.41. The van der Waals surface area contributed by atoms with Crippen LogP contribution in [0.15, 0.2) is 36.5 Å². The number of alkyl halides is 1. The number of Topliss-reactive ketones (excluding diaryl/α,β-unsaturated/α-hetero) is 1. The standard InChI is InChI=1S/C26H33FN2O2/c1-15(2)24-20-14-18(17(4)22(30)9-10-23(27)26(5,6)31)7-8-21(20)29-25(24)19-11-12-28-16(3)13-19/h7-8,11-15,17,23,29,31H,9-10H2,1-6H3/t17?,23-/m1/s1. The molecule has 0 aliphatic rings. The monoisotopic (exact) mass is 424 g/mol. The molecule has 0 amide bonds. The normalized spacial score (nSPS) is 14.2. The average Bonchev–Trinajstić information content (AvgIpc) is 3.09. The van der Waals surface area contributed by atoms with Gasteiger partial charge in [-0.15, -0.1) is 0 Å². The van der Waals surface area contributed by atoms with E-state index in [0.717, 1.165) is 33.4 Å². The molecule has 0 saturated heterocycles. The summed E-state index contributed by atoms with van der Waals surface area (Å²) in [5.41, 5.74) is 4.88. The Balaban J connectivity index is 1.93. The minimum Gasteiger partial charge on any atom is -0.387 e. The fourth-order valence-corrected chi connectivity index (χ4v) is 4.05. The summed E-state index contributed by atoms with van der Waals surface area (Å²) in [7, 11) is 0. The van der Waals surface area contributed by atoms with Crippen molar-refractivity contribution in [2.24, 2.45) is 0 Å². The van der Waals surface area contributed by atoms with Gasteiger partial charge in [-0.1, -0.05) is 26.8 Å². The first kappa shape index (κ1) is 23.1. The molecule has 0 radical (unpaired) electrons. The number of rotatable bonds is 8. The largest absolute Gasteiger partial charge is 0.387 e. The van der Waals surface area contributed by atoms with Crippen molar-refractivity contribution < 1.29 is 14.3 Å². The van der Waals surface area contributed by atoms with Gasteiger partial charge in [-0.05, 0) is 68.5 Å². The van der Waals surface area contributed by atoms with Crippen LogP contribution in [0, 0.1) is 6.92 Å². The topological polar surface area (TPSA) is 66.0 Å². The van der Waals surface area contributed by atoms with E-state index in [9.17, 15) is 14.3 Å². The van der Waals surface area contributed by atoms with Gasteiger partial charge >= 0.3 is 0 Å². The molecule has 0 saturated carbocycles. The van der Waals surface area contributed by atoms with E-state index in [1.165, 1.54) is 19.4 Å². The molecule has 1 unspecified atom stereocenters. The van der Waals surface area contributed by atoms with Gasteiger partial charge in [-0.2, -0.15) is 0 Å². The van der Waals surface area contributed by atoms with Crippen molar-refractivity contribution in [1.82, 2.24) is 9.97 Å². The lowest BCUT2D eigenvalue weighted by atomic mass is 9.89. The third-order valence-corrected chi connectivity index (χ3v) is 6.02. The third kappa shape index (κ3) is 5.04. The lowest BCUT2D eigenvalue weighted by Gasteiger charge is -2.22. The van der Waals surface area contributed by atoms with Gasteiger partial charge in [0.05, 0.1) is 11.3 Å². The molecule has 2 atom stereocenters. The molecule has 4 nitrogen and oxygen atoms in total. The summed E-state index contributed by atoms with van der Waals surface area (Å²) in [6.07, 6.45) is 0.533. The Bertz CT molecular complexity index is 1080. The Morgan fingerprint density at radius 3 is 2.52 bits per heavy atom. The Morgan fingerprint density at radius 1 is 1.19 bits per heavy atom. The van der Waals surface area contributed by atoms with Crippen LogP contribution in [0.3, 0.4) is 0 Å². The SMILES string of the molecule is Cc1cc(-c2[nH]c3ccc(C(C)C(=O)CC[C@@H](F)C(C)(C)O)cc3c2C(C)C)ccn1. The van der Waals surface area contributed by atoms with Crippen molar-refractivity contribution >= 4 is 16.7 Å². The van der Waals surface area contributed by atoms with Gasteiger partial charge in [0, 0.05) is 40.7 Å². The maximum Gasteiger partial charge on any atom is 0.140 e. The number of hydrogen-bond acceptors (Lipinski definition) is 3. The lowest BCUT2D eigenvalue weighted by Crippen LogP contribution is -2.33. The van der Waals surface area contributed by atoms with Crippen LogP contribution in [0.5, 0.6) is 0 Å². The van der Waals surface area contributed by atoms with Gasteiger partial charge in [-0.25, -0.2) is 4.39 Å². The van der Waals surface area contributed by atoms with Crippen LogP contribution in [0.25, 0.3) is 22.2 Å². The predicted octanol–water partition coefficient (Wildman–Crippen LogP) is 6.22. The van der Waals surface area contributed by atoms with Crippen LogP contribution in [0.1, 0.15) is 76.1 Å². The maximum absolute atomic E-state index is 14.1. The molecule has 2 heterocycles. The van der Waals surface area contributed by atoms with Crippen molar-refractivity contribution in [2.75, 3.05) is 0 Å². The van der Waals surface area contributed by atoms with E-state index < -0.39 is 11.8 Å². The first-order valence-electron chi connectivity index (χ1n) is 11.0. The number of nitrogens with zero attached hydrogens (tertiary/aromatic N) is 1. The smallest absolute Gasteiger partial charge is 0.140 e. The lowest BCUT2D eigenvalue weighted by molar-refractivity contribution is -0.121. The van der Waals surface area contributed by atoms with Crippen LogP contribution in [0.4, 0.5) is 4.39 Å². The number of aliphatic hydroxyl groups is 1. The summed E-state index contributed by atoms with van der Waals surface area (Å²) in [6.45, 7) is 11.0. The fourth-order valence-electron chi connectivity index (χ4n) is 4.05. The van der Waals surface area contributed by atoms with Crippen molar-refractivity contribution in [3.63, 3.8) is 0 Å². The Morgan fingerprint density at radius 2 is 1.90 bits per heavy atom. The molecule has 0 bridgehead atoms. The van der Waals surface area contributed by atoms with Crippen LogP contribution < -0.4 is 0 Å². The highest BCUT2D eigenvalue weighted by Crippen LogP contribution is 2.37. The number of halogens is 1. The highest BCUT2D eigenvalue weighted by molar-refractivity contribution is 5.93. The maximum atomic E-state index is 14.1. The Kier molecular flexibility index (Phi) is 6.65. The molecule has 0 aliphatic carbocycles. The molecule has 166 valence electrons. The fraction of sp³-hybridized carbons (Fsp3) is 0.462. The van der Waals surface area contributed by atoms with Crippen LogP contribution in [-0.4, -0.2) is 32.6 Å². The van der Waals surface area contributed by atoms with Crippen molar-refractivity contribution in [1.29, 1.82) is 0 Å². The minimum absolute atomic E-state index is 0.0159. The molecule has 2 N–H and O–H groups in total. The van der Waals surface area contributed by atoms with Crippen molar-refractivity contribution in [2.45, 2.75) is 78.0 Å². The third-order valence-electron chi connectivity index (χ3n) is 6.02. The van der Waals surface area contributed by atoms with E-state index in [-0.39, 0.29) is 30.5 Å². The summed E-state index contributed by atoms with van der Waals surface area (Å²) in [5, 5.41) is 10.9. The number of carbonyl (C=O) groups excluding carboxylic acids is 1. The molecule has 2 aromatic heterocycles. The second kappa shape index (κ2) is 8.91. The number of hydrogen-bond donors (Lipinski definition) is 2. The quantitative estimate of drug-likeness (QED) is 0.451. The molecule has 31 heavy (non-hydrogen) atoms. The highest BCUT2D eigenvalue weighted by atomic mass is 19.1. The summed E-state index contributed by atoms with van der Waals surface area (Å²) in [5.74, 6) is -0.0598.